The molecular weight excluding hydrogens is 391 g/mol. The van der Waals surface area contributed by atoms with Gasteiger partial charge in [-0.2, -0.15) is 0 Å². The number of nitrogens with zero attached hydrogens (tertiary/aromatic N) is 2. The summed E-state index contributed by atoms with van der Waals surface area (Å²) in [5.74, 6) is 0.395. The Balaban J connectivity index is 2.29. The number of aromatic nitrogens is 2. The number of carbonyl (C=O) groups is 1. The van der Waals surface area contributed by atoms with Gasteiger partial charge in [-0.15, -0.1) is 11.3 Å². The quantitative estimate of drug-likeness (QED) is 0.532. The van der Waals surface area contributed by atoms with E-state index in [2.05, 4.69) is 29.1 Å². The van der Waals surface area contributed by atoms with E-state index in [1.54, 1.807) is 12.1 Å². The SMILES string of the molecule is CCC(C)Nc1nc(-c2ccc(Cl)c(Cl)c2)c2c(N)c(C(C)=O)sc2n1. The van der Waals surface area contributed by atoms with Crippen LogP contribution in [-0.4, -0.2) is 21.8 Å². The average molecular weight is 409 g/mol. The summed E-state index contributed by atoms with van der Waals surface area (Å²) in [4.78, 5) is 22.3. The van der Waals surface area contributed by atoms with Crippen molar-refractivity contribution in [2.45, 2.75) is 33.2 Å². The lowest BCUT2D eigenvalue weighted by atomic mass is 10.1. The number of nitrogens with two attached hydrogens (primary N) is 1. The van der Waals surface area contributed by atoms with E-state index < -0.39 is 0 Å². The van der Waals surface area contributed by atoms with Crippen molar-refractivity contribution in [3.8, 4) is 11.3 Å². The number of nitrogen functional groups attached to an aromatic ring is 1. The molecule has 3 aromatic rings. The highest BCUT2D eigenvalue weighted by molar-refractivity contribution is 7.21. The number of ketones is 1. The number of hydrogen-bond acceptors (Lipinski definition) is 6. The summed E-state index contributed by atoms with van der Waals surface area (Å²) in [6.07, 6.45) is 0.925. The molecule has 0 amide bonds. The van der Waals surface area contributed by atoms with Gasteiger partial charge < -0.3 is 11.1 Å². The van der Waals surface area contributed by atoms with Crippen LogP contribution in [0.3, 0.4) is 0 Å². The second-order valence-electron chi connectivity index (χ2n) is 6.06. The highest BCUT2D eigenvalue weighted by atomic mass is 35.5. The molecule has 8 heteroatoms. The fourth-order valence-electron chi connectivity index (χ4n) is 2.52. The van der Waals surface area contributed by atoms with Gasteiger partial charge in [-0.05, 0) is 25.5 Å². The van der Waals surface area contributed by atoms with Crippen LogP contribution in [0.5, 0.6) is 0 Å². The molecule has 0 aliphatic heterocycles. The van der Waals surface area contributed by atoms with Crippen molar-refractivity contribution in [1.29, 1.82) is 0 Å². The van der Waals surface area contributed by atoms with Crippen LogP contribution in [-0.2, 0) is 0 Å². The zero-order chi connectivity index (χ0) is 19.0. The standard InChI is InChI=1S/C18H18Cl2N4OS/c1-4-8(2)22-18-23-15(10-5-6-11(19)12(20)7-10)13-14(21)16(9(3)25)26-17(13)24-18/h5-8H,4,21H2,1-3H3,(H,22,23,24). The molecule has 0 saturated carbocycles. The van der Waals surface area contributed by atoms with Gasteiger partial charge in [0.1, 0.15) is 4.83 Å². The largest absolute Gasteiger partial charge is 0.397 e. The number of Topliss-reactive ketones (excluding diaryl/α,β-unsaturated/α-hetero) is 1. The van der Waals surface area contributed by atoms with Gasteiger partial charge in [0.2, 0.25) is 5.95 Å². The minimum atomic E-state index is -0.0953. The van der Waals surface area contributed by atoms with Crippen LogP contribution >= 0.6 is 34.5 Å². The van der Waals surface area contributed by atoms with E-state index in [0.717, 1.165) is 12.0 Å². The Morgan fingerprint density at radius 1 is 1.31 bits per heavy atom. The number of thiophene rings is 1. The number of nitrogens with one attached hydrogen (secondary N) is 1. The lowest BCUT2D eigenvalue weighted by Crippen LogP contribution is -2.15. The third-order valence-electron chi connectivity index (χ3n) is 4.09. The predicted molar refractivity (Wildman–Crippen MR) is 111 cm³/mol. The molecule has 0 bridgehead atoms. The first kappa shape index (κ1) is 18.9. The van der Waals surface area contributed by atoms with Gasteiger partial charge in [0.15, 0.2) is 5.78 Å². The van der Waals surface area contributed by atoms with E-state index in [1.807, 2.05) is 6.07 Å². The van der Waals surface area contributed by atoms with Crippen molar-refractivity contribution in [2.24, 2.45) is 0 Å². The van der Waals surface area contributed by atoms with E-state index >= 15 is 0 Å². The molecule has 3 rings (SSSR count). The highest BCUT2D eigenvalue weighted by Crippen LogP contribution is 2.40. The molecule has 1 unspecified atom stereocenters. The lowest BCUT2D eigenvalue weighted by Gasteiger charge is -2.13. The normalized spacial score (nSPS) is 12.3. The number of carbonyl (C=O) groups excluding carboxylic acids is 1. The maximum absolute atomic E-state index is 11.9. The summed E-state index contributed by atoms with van der Waals surface area (Å²) >= 11 is 13.5. The average Bonchev–Trinajstić information content (AvgIpc) is 2.93. The molecule has 0 fully saturated rings. The Bertz CT molecular complexity index is 1000. The first-order valence-electron chi connectivity index (χ1n) is 8.14. The summed E-state index contributed by atoms with van der Waals surface area (Å²) in [6.45, 7) is 5.62. The summed E-state index contributed by atoms with van der Waals surface area (Å²) in [5, 5.41) is 4.82. The van der Waals surface area contributed by atoms with Gasteiger partial charge in [0.05, 0.1) is 31.7 Å². The maximum Gasteiger partial charge on any atom is 0.224 e. The Morgan fingerprint density at radius 3 is 2.65 bits per heavy atom. The Morgan fingerprint density at radius 2 is 2.04 bits per heavy atom. The maximum atomic E-state index is 11.9. The van der Waals surface area contributed by atoms with Gasteiger partial charge >= 0.3 is 0 Å². The summed E-state index contributed by atoms with van der Waals surface area (Å²) < 4.78 is 0. The molecule has 136 valence electrons. The first-order valence-corrected chi connectivity index (χ1v) is 9.72. The summed E-state index contributed by atoms with van der Waals surface area (Å²) in [5.41, 5.74) is 8.04. The van der Waals surface area contributed by atoms with Crippen LogP contribution < -0.4 is 11.1 Å². The molecule has 0 saturated heterocycles. The first-order chi connectivity index (χ1) is 12.3. The van der Waals surface area contributed by atoms with E-state index in [4.69, 9.17) is 28.9 Å². The van der Waals surface area contributed by atoms with Crippen LogP contribution in [0.25, 0.3) is 21.5 Å². The minimum absolute atomic E-state index is 0.0953. The Hall–Kier alpha value is -1.89. The monoisotopic (exact) mass is 408 g/mol. The van der Waals surface area contributed by atoms with Crippen molar-refractivity contribution in [2.75, 3.05) is 11.1 Å². The van der Waals surface area contributed by atoms with Crippen molar-refractivity contribution in [1.82, 2.24) is 9.97 Å². The Labute approximate surface area is 165 Å². The second-order valence-corrected chi connectivity index (χ2v) is 7.87. The number of halogens is 2. The molecular formula is C18H18Cl2N4OS. The molecule has 26 heavy (non-hydrogen) atoms. The van der Waals surface area contributed by atoms with Gasteiger partial charge in [-0.3, -0.25) is 4.79 Å². The fraction of sp³-hybridized carbons (Fsp3) is 0.278. The van der Waals surface area contributed by atoms with Crippen LogP contribution in [0.2, 0.25) is 10.0 Å². The van der Waals surface area contributed by atoms with Crippen LogP contribution in [0.15, 0.2) is 18.2 Å². The van der Waals surface area contributed by atoms with Crippen molar-refractivity contribution in [3.05, 3.63) is 33.1 Å². The van der Waals surface area contributed by atoms with E-state index in [0.29, 0.717) is 42.5 Å². The smallest absolute Gasteiger partial charge is 0.224 e. The number of rotatable bonds is 5. The van der Waals surface area contributed by atoms with Gasteiger partial charge in [0.25, 0.3) is 0 Å². The minimum Gasteiger partial charge on any atom is -0.397 e. The van der Waals surface area contributed by atoms with Gasteiger partial charge in [-0.25, -0.2) is 9.97 Å². The Kier molecular flexibility index (Phi) is 5.37. The molecule has 2 aromatic heterocycles. The zero-order valence-corrected chi connectivity index (χ0v) is 16.9. The van der Waals surface area contributed by atoms with Gasteiger partial charge in [0, 0.05) is 18.5 Å². The lowest BCUT2D eigenvalue weighted by molar-refractivity contribution is 0.102. The summed E-state index contributed by atoms with van der Waals surface area (Å²) in [7, 11) is 0. The number of benzene rings is 1. The molecule has 0 aliphatic carbocycles. The topological polar surface area (TPSA) is 80.9 Å². The van der Waals surface area contributed by atoms with Crippen molar-refractivity contribution >= 4 is 62.2 Å². The number of hydrogen-bond donors (Lipinski definition) is 2. The second kappa shape index (κ2) is 7.39. The van der Waals surface area contributed by atoms with Crippen LogP contribution in [0, 0.1) is 0 Å². The highest BCUT2D eigenvalue weighted by Gasteiger charge is 2.21. The zero-order valence-electron chi connectivity index (χ0n) is 14.6. The number of anilines is 2. The predicted octanol–water partition coefficient (Wildman–Crippen LogP) is 5.66. The van der Waals surface area contributed by atoms with Crippen molar-refractivity contribution in [3.63, 3.8) is 0 Å². The molecule has 5 nitrogen and oxygen atoms in total. The summed E-state index contributed by atoms with van der Waals surface area (Å²) in [6, 6.07) is 5.49. The van der Waals surface area contributed by atoms with Crippen molar-refractivity contribution < 1.29 is 4.79 Å². The van der Waals surface area contributed by atoms with E-state index in [-0.39, 0.29) is 11.8 Å². The molecule has 1 atom stereocenters. The molecule has 0 aliphatic rings. The molecule has 0 spiro atoms. The third kappa shape index (κ3) is 3.49. The van der Waals surface area contributed by atoms with E-state index in [1.165, 1.54) is 18.3 Å². The molecule has 1 aromatic carbocycles. The van der Waals surface area contributed by atoms with Crippen LogP contribution in [0.1, 0.15) is 36.9 Å². The third-order valence-corrected chi connectivity index (χ3v) is 6.03. The van der Waals surface area contributed by atoms with E-state index in [9.17, 15) is 4.79 Å². The van der Waals surface area contributed by atoms with Gasteiger partial charge in [-0.1, -0.05) is 36.2 Å². The molecule has 0 radical (unpaired) electrons. The number of fused-ring (bicyclic) bond motifs is 1. The van der Waals surface area contributed by atoms with Crippen LogP contribution in [0.4, 0.5) is 11.6 Å². The molecule has 2 heterocycles. The molecule has 3 N–H and O–H groups in total. The fourth-order valence-corrected chi connectivity index (χ4v) is 3.81.